The summed E-state index contributed by atoms with van der Waals surface area (Å²) in [6.45, 7) is 0.488. The van der Waals surface area contributed by atoms with Gasteiger partial charge in [0.25, 0.3) is 5.92 Å². The molecule has 14 heavy (non-hydrogen) atoms. The van der Waals surface area contributed by atoms with Gasteiger partial charge < -0.3 is 5.32 Å². The molecule has 0 bridgehead atoms. The van der Waals surface area contributed by atoms with Gasteiger partial charge in [0.1, 0.15) is 0 Å². The second kappa shape index (κ2) is 3.43. The van der Waals surface area contributed by atoms with Crippen molar-refractivity contribution in [2.24, 2.45) is 0 Å². The summed E-state index contributed by atoms with van der Waals surface area (Å²) in [6.07, 6.45) is -0.0693. The maximum atomic E-state index is 12.9. The summed E-state index contributed by atoms with van der Waals surface area (Å²) in [7, 11) is 0. The van der Waals surface area contributed by atoms with Crippen molar-refractivity contribution in [2.45, 2.75) is 24.9 Å². The third-order valence-corrected chi connectivity index (χ3v) is 2.64. The van der Waals surface area contributed by atoms with Crippen LogP contribution in [0.1, 0.15) is 12.8 Å². The SMILES string of the molecule is O=C1CC(N2CCC(F)(F)C2)NCN1. The number of alkyl halides is 2. The molecule has 0 spiro atoms. The van der Waals surface area contributed by atoms with E-state index < -0.39 is 5.92 Å². The Labute approximate surface area is 80.6 Å². The molecule has 0 aromatic rings. The molecule has 1 atom stereocenters. The second-order valence-electron chi connectivity index (χ2n) is 3.78. The van der Waals surface area contributed by atoms with Gasteiger partial charge in [0.15, 0.2) is 0 Å². The molecular formula is C8H13F2N3O. The van der Waals surface area contributed by atoms with Gasteiger partial charge in [-0.05, 0) is 0 Å². The van der Waals surface area contributed by atoms with E-state index in [-0.39, 0.29) is 31.5 Å². The van der Waals surface area contributed by atoms with E-state index in [9.17, 15) is 13.6 Å². The molecule has 2 heterocycles. The van der Waals surface area contributed by atoms with Crippen LogP contribution in [0.15, 0.2) is 0 Å². The van der Waals surface area contributed by atoms with Gasteiger partial charge in [0.2, 0.25) is 5.91 Å². The van der Waals surface area contributed by atoms with Crippen LogP contribution in [0.5, 0.6) is 0 Å². The molecule has 6 heteroatoms. The maximum absolute atomic E-state index is 12.9. The number of nitrogens with one attached hydrogen (secondary N) is 2. The van der Waals surface area contributed by atoms with Gasteiger partial charge in [-0.3, -0.25) is 15.0 Å². The van der Waals surface area contributed by atoms with E-state index in [1.807, 2.05) is 0 Å². The van der Waals surface area contributed by atoms with Crippen molar-refractivity contribution in [3.05, 3.63) is 0 Å². The van der Waals surface area contributed by atoms with E-state index in [4.69, 9.17) is 0 Å². The molecule has 2 aliphatic rings. The van der Waals surface area contributed by atoms with E-state index in [0.29, 0.717) is 13.2 Å². The fourth-order valence-electron chi connectivity index (χ4n) is 1.87. The maximum Gasteiger partial charge on any atom is 0.261 e. The van der Waals surface area contributed by atoms with Crippen molar-refractivity contribution in [2.75, 3.05) is 19.8 Å². The molecule has 0 aromatic carbocycles. The van der Waals surface area contributed by atoms with Crippen LogP contribution < -0.4 is 10.6 Å². The summed E-state index contributed by atoms with van der Waals surface area (Å²) in [6, 6.07) is 0. The number of nitrogens with zero attached hydrogens (tertiary/aromatic N) is 1. The fourth-order valence-corrected chi connectivity index (χ4v) is 1.87. The molecule has 0 saturated carbocycles. The average Bonchev–Trinajstić information content (AvgIpc) is 2.46. The van der Waals surface area contributed by atoms with Gasteiger partial charge in [-0.1, -0.05) is 0 Å². The van der Waals surface area contributed by atoms with Crippen molar-refractivity contribution in [1.82, 2.24) is 15.5 Å². The van der Waals surface area contributed by atoms with Crippen molar-refractivity contribution < 1.29 is 13.6 Å². The Morgan fingerprint density at radius 2 is 2.29 bits per heavy atom. The van der Waals surface area contributed by atoms with Gasteiger partial charge in [0, 0.05) is 13.0 Å². The lowest BCUT2D eigenvalue weighted by atomic mass is 10.2. The van der Waals surface area contributed by atoms with Crippen LogP contribution >= 0.6 is 0 Å². The summed E-state index contributed by atoms with van der Waals surface area (Å²) in [5, 5.41) is 5.58. The lowest BCUT2D eigenvalue weighted by Gasteiger charge is -2.31. The largest absolute Gasteiger partial charge is 0.343 e. The van der Waals surface area contributed by atoms with Gasteiger partial charge in [-0.15, -0.1) is 0 Å². The molecule has 1 unspecified atom stereocenters. The van der Waals surface area contributed by atoms with Crippen molar-refractivity contribution >= 4 is 5.91 Å². The summed E-state index contributed by atoms with van der Waals surface area (Å²) in [4.78, 5) is 12.7. The highest BCUT2D eigenvalue weighted by Gasteiger charge is 2.41. The summed E-state index contributed by atoms with van der Waals surface area (Å²) in [5.74, 6) is -2.67. The summed E-state index contributed by atoms with van der Waals surface area (Å²) < 4.78 is 25.8. The molecule has 2 aliphatic heterocycles. The van der Waals surface area contributed by atoms with Crippen LogP contribution in [0.4, 0.5) is 8.78 Å². The van der Waals surface area contributed by atoms with E-state index >= 15 is 0 Å². The fraction of sp³-hybridized carbons (Fsp3) is 0.875. The minimum atomic E-state index is -2.59. The number of carbonyl (C=O) groups excluding carboxylic acids is 1. The molecule has 2 fully saturated rings. The minimum Gasteiger partial charge on any atom is -0.343 e. The molecule has 2 N–H and O–H groups in total. The minimum absolute atomic E-state index is 0.0797. The molecule has 0 aromatic heterocycles. The number of carbonyl (C=O) groups is 1. The molecule has 1 amide bonds. The monoisotopic (exact) mass is 205 g/mol. The molecule has 0 aliphatic carbocycles. The highest BCUT2D eigenvalue weighted by atomic mass is 19.3. The van der Waals surface area contributed by atoms with Crippen LogP contribution in [0, 0.1) is 0 Å². The standard InChI is InChI=1S/C8H13F2N3O/c9-8(10)1-2-13(4-8)6-3-7(14)12-5-11-6/h6,11H,1-5H2,(H,12,14). The van der Waals surface area contributed by atoms with Crippen LogP contribution in [-0.4, -0.2) is 42.7 Å². The Bertz CT molecular complexity index is 247. The Balaban J connectivity index is 1.93. The number of hydrogen-bond acceptors (Lipinski definition) is 3. The topological polar surface area (TPSA) is 44.4 Å². The van der Waals surface area contributed by atoms with Gasteiger partial charge in [-0.2, -0.15) is 0 Å². The lowest BCUT2D eigenvalue weighted by molar-refractivity contribution is -0.124. The third kappa shape index (κ3) is 2.01. The Morgan fingerprint density at radius 3 is 2.86 bits per heavy atom. The number of rotatable bonds is 1. The first-order chi connectivity index (χ1) is 6.57. The first kappa shape index (κ1) is 9.79. The molecule has 2 rings (SSSR count). The predicted molar refractivity (Wildman–Crippen MR) is 45.7 cm³/mol. The van der Waals surface area contributed by atoms with Crippen molar-refractivity contribution in [3.63, 3.8) is 0 Å². The van der Waals surface area contributed by atoms with Gasteiger partial charge in [0.05, 0.1) is 25.8 Å². The highest BCUT2D eigenvalue weighted by Crippen LogP contribution is 2.28. The molecule has 4 nitrogen and oxygen atoms in total. The quantitative estimate of drug-likeness (QED) is 0.619. The zero-order valence-electron chi connectivity index (χ0n) is 7.72. The summed E-state index contributed by atoms with van der Waals surface area (Å²) >= 11 is 0. The Kier molecular flexibility index (Phi) is 2.40. The third-order valence-electron chi connectivity index (χ3n) is 2.64. The number of amides is 1. The summed E-state index contributed by atoms with van der Waals surface area (Å²) in [5.41, 5.74) is 0. The number of hydrogen-bond donors (Lipinski definition) is 2. The van der Waals surface area contributed by atoms with Gasteiger partial charge in [-0.25, -0.2) is 8.78 Å². The van der Waals surface area contributed by atoms with E-state index in [0.717, 1.165) is 0 Å². The van der Waals surface area contributed by atoms with Crippen LogP contribution in [0.25, 0.3) is 0 Å². The smallest absolute Gasteiger partial charge is 0.261 e. The van der Waals surface area contributed by atoms with Crippen molar-refractivity contribution in [1.29, 1.82) is 0 Å². The number of halogens is 2. The normalized spacial score (nSPS) is 33.0. The predicted octanol–water partition coefficient (Wildman–Crippen LogP) is -0.280. The zero-order chi connectivity index (χ0) is 10.2. The van der Waals surface area contributed by atoms with Crippen LogP contribution in [-0.2, 0) is 4.79 Å². The average molecular weight is 205 g/mol. The Hall–Kier alpha value is -0.750. The first-order valence-corrected chi connectivity index (χ1v) is 4.69. The number of likely N-dealkylation sites (tertiary alicyclic amines) is 1. The molecule has 2 saturated heterocycles. The first-order valence-electron chi connectivity index (χ1n) is 4.69. The highest BCUT2D eigenvalue weighted by molar-refractivity contribution is 5.77. The van der Waals surface area contributed by atoms with Crippen LogP contribution in [0.3, 0.4) is 0 Å². The lowest BCUT2D eigenvalue weighted by Crippen LogP contribution is -2.55. The van der Waals surface area contributed by atoms with Crippen molar-refractivity contribution in [3.8, 4) is 0 Å². The van der Waals surface area contributed by atoms with Crippen LogP contribution in [0.2, 0.25) is 0 Å². The Morgan fingerprint density at radius 1 is 1.50 bits per heavy atom. The van der Waals surface area contributed by atoms with E-state index in [1.165, 1.54) is 0 Å². The second-order valence-corrected chi connectivity index (χ2v) is 3.78. The molecular weight excluding hydrogens is 192 g/mol. The van der Waals surface area contributed by atoms with E-state index in [2.05, 4.69) is 10.6 Å². The van der Waals surface area contributed by atoms with E-state index in [1.54, 1.807) is 4.90 Å². The zero-order valence-corrected chi connectivity index (χ0v) is 7.72. The molecule has 80 valence electrons. The molecule has 0 radical (unpaired) electrons. The van der Waals surface area contributed by atoms with Gasteiger partial charge >= 0.3 is 0 Å².